The second-order valence-electron chi connectivity index (χ2n) is 9.60. The van der Waals surface area contributed by atoms with Crippen molar-refractivity contribution in [2.45, 2.75) is 38.0 Å². The third kappa shape index (κ3) is 5.54. The first kappa shape index (κ1) is 25.8. The molecule has 0 unspecified atom stereocenters. The van der Waals surface area contributed by atoms with Crippen molar-refractivity contribution in [3.05, 3.63) is 64.0 Å². The SMILES string of the molecule is Cc1ccc([C@@H]2C[C@H]2C(=O)Nc2cc(-c3ccc(O[C@H]4CCN(C(=O)CO)C[C@H]4F)c(C#N)c3)ccn2)s1. The van der Waals surface area contributed by atoms with Crippen LogP contribution < -0.4 is 10.1 Å². The zero-order valence-electron chi connectivity index (χ0n) is 20.8. The van der Waals surface area contributed by atoms with Gasteiger partial charge in [-0.2, -0.15) is 5.26 Å². The molecule has 38 heavy (non-hydrogen) atoms. The maximum Gasteiger partial charge on any atom is 0.248 e. The summed E-state index contributed by atoms with van der Waals surface area (Å²) in [7, 11) is 0. The lowest BCUT2D eigenvalue weighted by molar-refractivity contribution is -0.138. The minimum Gasteiger partial charge on any atom is -0.486 e. The number of likely N-dealkylation sites (tertiary alicyclic amines) is 1. The number of nitrogens with one attached hydrogen (secondary N) is 1. The van der Waals surface area contributed by atoms with Crippen molar-refractivity contribution in [2.75, 3.05) is 25.0 Å². The molecular weight excluding hydrogens is 507 g/mol. The number of aliphatic hydroxyl groups excluding tert-OH is 1. The molecule has 2 aliphatic rings. The molecule has 2 fully saturated rings. The Morgan fingerprint density at radius 1 is 1.26 bits per heavy atom. The molecule has 1 aromatic carbocycles. The lowest BCUT2D eigenvalue weighted by atomic mass is 10.0. The van der Waals surface area contributed by atoms with Crippen molar-refractivity contribution in [3.8, 4) is 22.9 Å². The van der Waals surface area contributed by atoms with Gasteiger partial charge in [-0.1, -0.05) is 6.07 Å². The van der Waals surface area contributed by atoms with Crippen molar-refractivity contribution in [1.82, 2.24) is 9.88 Å². The van der Waals surface area contributed by atoms with Gasteiger partial charge in [-0.25, -0.2) is 9.37 Å². The Hall–Kier alpha value is -3.81. The normalized spacial score (nSPS) is 22.4. The lowest BCUT2D eigenvalue weighted by Crippen LogP contribution is -2.50. The quantitative estimate of drug-likeness (QED) is 0.473. The highest BCUT2D eigenvalue weighted by atomic mass is 32.1. The van der Waals surface area contributed by atoms with Crippen LogP contribution in [0.15, 0.2) is 48.7 Å². The van der Waals surface area contributed by atoms with E-state index in [4.69, 9.17) is 9.84 Å². The van der Waals surface area contributed by atoms with Crippen LogP contribution in [0.4, 0.5) is 10.2 Å². The minimum atomic E-state index is -1.44. The molecule has 2 aromatic heterocycles. The smallest absolute Gasteiger partial charge is 0.248 e. The molecule has 0 radical (unpaired) electrons. The summed E-state index contributed by atoms with van der Waals surface area (Å²) >= 11 is 1.73. The number of benzene rings is 1. The summed E-state index contributed by atoms with van der Waals surface area (Å²) in [4.78, 5) is 32.4. The fourth-order valence-corrected chi connectivity index (χ4v) is 5.81. The molecule has 1 aliphatic carbocycles. The second kappa shape index (κ2) is 10.9. The van der Waals surface area contributed by atoms with Crippen LogP contribution in [0.5, 0.6) is 5.75 Å². The van der Waals surface area contributed by atoms with E-state index in [0.29, 0.717) is 5.82 Å². The second-order valence-corrected chi connectivity index (χ2v) is 10.9. The first-order chi connectivity index (χ1) is 18.4. The lowest BCUT2D eigenvalue weighted by Gasteiger charge is -2.34. The van der Waals surface area contributed by atoms with Gasteiger partial charge in [-0.15, -0.1) is 11.3 Å². The Bertz CT molecular complexity index is 1400. The van der Waals surface area contributed by atoms with E-state index >= 15 is 0 Å². The fourth-order valence-electron chi connectivity index (χ4n) is 4.75. The number of aliphatic hydroxyl groups is 1. The molecule has 8 nitrogen and oxygen atoms in total. The summed E-state index contributed by atoms with van der Waals surface area (Å²) in [6, 6.07) is 14.9. The average molecular weight is 535 g/mol. The number of alkyl halides is 1. The van der Waals surface area contributed by atoms with Gasteiger partial charge in [0.1, 0.15) is 30.3 Å². The van der Waals surface area contributed by atoms with E-state index in [-0.39, 0.29) is 48.6 Å². The van der Waals surface area contributed by atoms with Gasteiger partial charge in [-0.3, -0.25) is 9.59 Å². The van der Waals surface area contributed by atoms with Gasteiger partial charge in [0.05, 0.1) is 12.1 Å². The van der Waals surface area contributed by atoms with Crippen molar-refractivity contribution < 1.29 is 23.8 Å². The Morgan fingerprint density at radius 3 is 2.79 bits per heavy atom. The minimum absolute atomic E-state index is 0.0559. The molecule has 0 bridgehead atoms. The summed E-state index contributed by atoms with van der Waals surface area (Å²) in [5.41, 5.74) is 1.74. The van der Waals surface area contributed by atoms with E-state index in [1.54, 1.807) is 47.9 Å². The number of pyridine rings is 1. The third-order valence-electron chi connectivity index (χ3n) is 6.95. The van der Waals surface area contributed by atoms with E-state index in [9.17, 15) is 19.2 Å². The van der Waals surface area contributed by atoms with E-state index in [2.05, 4.69) is 35.4 Å². The summed E-state index contributed by atoms with van der Waals surface area (Å²) in [5.74, 6) is 0.318. The number of rotatable bonds is 7. The number of nitriles is 1. The van der Waals surface area contributed by atoms with Crippen LogP contribution in [0.2, 0.25) is 0 Å². The van der Waals surface area contributed by atoms with Gasteiger partial charge in [0.25, 0.3) is 0 Å². The van der Waals surface area contributed by atoms with Crippen LogP contribution in [-0.2, 0) is 9.59 Å². The predicted molar refractivity (Wildman–Crippen MR) is 141 cm³/mol. The van der Waals surface area contributed by atoms with Gasteiger partial charge in [0.2, 0.25) is 11.8 Å². The summed E-state index contributed by atoms with van der Waals surface area (Å²) in [5, 5.41) is 21.6. The standard InChI is InChI=1S/C28H27FN4O4S/c1-16-2-5-25(38-16)20-12-21(20)28(36)32-26-11-18(6-8-31-26)17-3-4-23(19(10-17)13-30)37-24-7-9-33(14-22(24)29)27(35)15-34/h2-6,8,10-11,20-22,24,34H,7,9,12,14-15H2,1H3,(H,31,32,36)/t20-,21-,22-,24+/m1/s1. The Balaban J connectivity index is 1.25. The largest absolute Gasteiger partial charge is 0.486 e. The van der Waals surface area contributed by atoms with Gasteiger partial charge < -0.3 is 20.1 Å². The van der Waals surface area contributed by atoms with Crippen LogP contribution in [0.25, 0.3) is 11.1 Å². The van der Waals surface area contributed by atoms with Crippen LogP contribution in [-0.4, -0.2) is 58.8 Å². The summed E-state index contributed by atoms with van der Waals surface area (Å²) in [6.45, 7) is 1.50. The van der Waals surface area contributed by atoms with E-state index in [1.807, 2.05) is 0 Å². The van der Waals surface area contributed by atoms with Crippen molar-refractivity contribution in [1.29, 1.82) is 5.26 Å². The van der Waals surface area contributed by atoms with Crippen molar-refractivity contribution in [2.24, 2.45) is 5.92 Å². The molecule has 4 atom stereocenters. The number of carbonyl (C=O) groups is 2. The topological polar surface area (TPSA) is 116 Å². The van der Waals surface area contributed by atoms with Crippen molar-refractivity contribution >= 4 is 29.0 Å². The number of thiophene rings is 1. The third-order valence-corrected chi connectivity index (χ3v) is 8.08. The van der Waals surface area contributed by atoms with E-state index in [0.717, 1.165) is 17.5 Å². The number of amides is 2. The number of hydrogen-bond acceptors (Lipinski definition) is 7. The average Bonchev–Trinajstić information content (AvgIpc) is 3.62. The number of hydrogen-bond donors (Lipinski definition) is 2. The highest BCUT2D eigenvalue weighted by molar-refractivity contribution is 7.12. The molecule has 196 valence electrons. The number of carbonyl (C=O) groups excluding carboxylic acids is 2. The van der Waals surface area contributed by atoms with Crippen LogP contribution in [0, 0.1) is 24.2 Å². The van der Waals surface area contributed by atoms with Gasteiger partial charge >= 0.3 is 0 Å². The first-order valence-corrected chi connectivity index (χ1v) is 13.2. The Kier molecular flexibility index (Phi) is 7.40. The van der Waals surface area contributed by atoms with Crippen LogP contribution in [0.3, 0.4) is 0 Å². The first-order valence-electron chi connectivity index (χ1n) is 12.4. The number of piperidine rings is 1. The monoisotopic (exact) mass is 534 g/mol. The molecule has 1 saturated heterocycles. The van der Waals surface area contributed by atoms with Gasteiger partial charge in [0.15, 0.2) is 6.17 Å². The van der Waals surface area contributed by atoms with E-state index < -0.39 is 24.8 Å². The highest BCUT2D eigenvalue weighted by Crippen LogP contribution is 2.50. The zero-order valence-corrected chi connectivity index (χ0v) is 21.6. The Labute approximate surface area is 223 Å². The Morgan fingerprint density at radius 2 is 2.08 bits per heavy atom. The number of anilines is 1. The number of ether oxygens (including phenoxy) is 1. The molecule has 5 rings (SSSR count). The molecule has 1 saturated carbocycles. The molecular formula is C28H27FN4O4S. The number of aromatic nitrogens is 1. The molecule has 1 aliphatic heterocycles. The summed E-state index contributed by atoms with van der Waals surface area (Å²) < 4.78 is 20.5. The highest BCUT2D eigenvalue weighted by Gasteiger charge is 2.44. The number of halogens is 1. The molecule has 3 heterocycles. The summed E-state index contributed by atoms with van der Waals surface area (Å²) in [6.07, 6.45) is 0.439. The molecule has 0 spiro atoms. The molecule has 2 N–H and O–H groups in total. The van der Waals surface area contributed by atoms with Crippen LogP contribution >= 0.6 is 11.3 Å². The molecule has 2 amide bonds. The van der Waals surface area contributed by atoms with E-state index in [1.165, 1.54) is 14.7 Å². The maximum atomic E-state index is 14.7. The predicted octanol–water partition coefficient (Wildman–Crippen LogP) is 4.04. The molecule has 3 aromatic rings. The van der Waals surface area contributed by atoms with Crippen LogP contribution in [0.1, 0.15) is 34.1 Å². The van der Waals surface area contributed by atoms with Gasteiger partial charge in [-0.05, 0) is 60.9 Å². The number of nitrogens with zero attached hydrogens (tertiary/aromatic N) is 3. The maximum absolute atomic E-state index is 14.7. The number of aryl methyl sites for hydroxylation is 1. The zero-order chi connectivity index (χ0) is 26.8. The molecule has 10 heteroatoms. The van der Waals surface area contributed by atoms with Crippen molar-refractivity contribution in [3.63, 3.8) is 0 Å². The fraction of sp³-hybridized carbons (Fsp3) is 0.357. The van der Waals surface area contributed by atoms with Gasteiger partial charge in [0, 0.05) is 40.8 Å².